The fraction of sp³-hybridized carbons (Fsp3) is 0.462. The van der Waals surface area contributed by atoms with E-state index in [-0.39, 0.29) is 12.0 Å². The van der Waals surface area contributed by atoms with Crippen LogP contribution < -0.4 is 10.1 Å². The van der Waals surface area contributed by atoms with Gasteiger partial charge in [0.2, 0.25) is 0 Å². The molecule has 4 heteroatoms. The molecule has 1 aromatic carbocycles. The quantitative estimate of drug-likeness (QED) is 0.772. The van der Waals surface area contributed by atoms with Crippen molar-refractivity contribution in [3.8, 4) is 5.75 Å². The van der Waals surface area contributed by atoms with Crippen LogP contribution in [0.1, 0.15) is 20.3 Å². The van der Waals surface area contributed by atoms with Crippen molar-refractivity contribution in [2.24, 2.45) is 0 Å². The average Bonchev–Trinajstić information content (AvgIpc) is 2.30. The minimum absolute atomic E-state index is 0.0439. The normalized spacial score (nSPS) is 11.7. The summed E-state index contributed by atoms with van der Waals surface area (Å²) in [4.78, 5) is 11.3. The van der Waals surface area contributed by atoms with Crippen LogP contribution in [-0.4, -0.2) is 25.7 Å². The monoisotopic (exact) mass is 237 g/mol. The first kappa shape index (κ1) is 13.4. The number of rotatable bonds is 6. The van der Waals surface area contributed by atoms with Crippen molar-refractivity contribution in [2.45, 2.75) is 26.3 Å². The highest BCUT2D eigenvalue weighted by Gasteiger charge is 2.09. The maximum atomic E-state index is 11.3. The van der Waals surface area contributed by atoms with Crippen LogP contribution in [0.25, 0.3) is 0 Å². The third kappa shape index (κ3) is 4.76. The van der Waals surface area contributed by atoms with Crippen LogP contribution in [0, 0.1) is 0 Å². The second kappa shape index (κ2) is 6.78. The lowest BCUT2D eigenvalue weighted by atomic mass is 10.2. The van der Waals surface area contributed by atoms with Crippen LogP contribution in [0.2, 0.25) is 0 Å². The van der Waals surface area contributed by atoms with E-state index in [4.69, 9.17) is 9.47 Å². The van der Waals surface area contributed by atoms with Crippen molar-refractivity contribution < 1.29 is 14.3 Å². The fourth-order valence-electron chi connectivity index (χ4n) is 1.49. The molecule has 17 heavy (non-hydrogen) atoms. The van der Waals surface area contributed by atoms with Crippen molar-refractivity contribution in [3.63, 3.8) is 0 Å². The smallest absolute Gasteiger partial charge is 0.307 e. The summed E-state index contributed by atoms with van der Waals surface area (Å²) in [6, 6.07) is 7.63. The first-order chi connectivity index (χ1) is 8.15. The van der Waals surface area contributed by atoms with Crippen LogP contribution in [0.15, 0.2) is 24.3 Å². The summed E-state index contributed by atoms with van der Waals surface area (Å²) < 4.78 is 9.96. The Kier molecular flexibility index (Phi) is 5.33. The standard InChI is InChI=1S/C13H19NO3/c1-4-17-13(15)9-10(2)14-11-5-7-12(16-3)8-6-11/h5-8,10,14H,4,9H2,1-3H3/t10-/m0/s1. The molecule has 0 aliphatic rings. The van der Waals surface area contributed by atoms with E-state index in [0.717, 1.165) is 11.4 Å². The topological polar surface area (TPSA) is 47.6 Å². The van der Waals surface area contributed by atoms with E-state index in [9.17, 15) is 4.79 Å². The summed E-state index contributed by atoms with van der Waals surface area (Å²) in [6.45, 7) is 4.18. The summed E-state index contributed by atoms with van der Waals surface area (Å²) in [5, 5.41) is 3.23. The van der Waals surface area contributed by atoms with Gasteiger partial charge in [0.25, 0.3) is 0 Å². The van der Waals surface area contributed by atoms with Gasteiger partial charge in [-0.25, -0.2) is 0 Å². The van der Waals surface area contributed by atoms with E-state index < -0.39 is 0 Å². The third-order valence-electron chi connectivity index (χ3n) is 2.28. The Balaban J connectivity index is 2.44. The second-order valence-electron chi connectivity index (χ2n) is 3.78. The molecule has 0 bridgehead atoms. The average molecular weight is 237 g/mol. The predicted octanol–water partition coefficient (Wildman–Crippen LogP) is 2.45. The van der Waals surface area contributed by atoms with Gasteiger partial charge >= 0.3 is 5.97 Å². The minimum Gasteiger partial charge on any atom is -0.497 e. The Bertz CT molecular complexity index is 348. The molecule has 0 fully saturated rings. The number of methoxy groups -OCH3 is 1. The Hall–Kier alpha value is -1.71. The Labute approximate surface area is 102 Å². The fourth-order valence-corrected chi connectivity index (χ4v) is 1.49. The van der Waals surface area contributed by atoms with Gasteiger partial charge in [-0.3, -0.25) is 4.79 Å². The molecule has 1 aromatic rings. The molecule has 4 nitrogen and oxygen atoms in total. The maximum Gasteiger partial charge on any atom is 0.307 e. The summed E-state index contributed by atoms with van der Waals surface area (Å²) in [7, 11) is 1.63. The van der Waals surface area contributed by atoms with Crippen LogP contribution >= 0.6 is 0 Å². The molecule has 0 radical (unpaired) electrons. The second-order valence-corrected chi connectivity index (χ2v) is 3.78. The van der Waals surface area contributed by atoms with Gasteiger partial charge in [-0.15, -0.1) is 0 Å². The first-order valence-corrected chi connectivity index (χ1v) is 5.72. The zero-order valence-electron chi connectivity index (χ0n) is 10.5. The predicted molar refractivity (Wildman–Crippen MR) is 67.3 cm³/mol. The number of carbonyl (C=O) groups is 1. The van der Waals surface area contributed by atoms with E-state index in [1.54, 1.807) is 14.0 Å². The number of hydrogen-bond acceptors (Lipinski definition) is 4. The van der Waals surface area contributed by atoms with Crippen molar-refractivity contribution in [3.05, 3.63) is 24.3 Å². The lowest BCUT2D eigenvalue weighted by molar-refractivity contribution is -0.143. The first-order valence-electron chi connectivity index (χ1n) is 5.72. The number of nitrogens with one attached hydrogen (secondary N) is 1. The molecule has 94 valence electrons. The van der Waals surface area contributed by atoms with Crippen molar-refractivity contribution in [2.75, 3.05) is 19.0 Å². The van der Waals surface area contributed by atoms with Gasteiger partial charge in [0.05, 0.1) is 20.1 Å². The van der Waals surface area contributed by atoms with Gasteiger partial charge < -0.3 is 14.8 Å². The largest absolute Gasteiger partial charge is 0.497 e. The third-order valence-corrected chi connectivity index (χ3v) is 2.28. The van der Waals surface area contributed by atoms with Crippen molar-refractivity contribution >= 4 is 11.7 Å². The molecular formula is C13H19NO3. The number of ether oxygens (including phenoxy) is 2. The van der Waals surface area contributed by atoms with Crippen LogP contribution in [0.3, 0.4) is 0 Å². The summed E-state index contributed by atoms with van der Waals surface area (Å²) >= 11 is 0. The van der Waals surface area contributed by atoms with Crippen LogP contribution in [0.4, 0.5) is 5.69 Å². The SMILES string of the molecule is CCOC(=O)C[C@H](C)Nc1ccc(OC)cc1. The van der Waals surface area contributed by atoms with E-state index in [1.807, 2.05) is 31.2 Å². The maximum absolute atomic E-state index is 11.3. The molecule has 0 amide bonds. The van der Waals surface area contributed by atoms with Gasteiger partial charge in [0, 0.05) is 11.7 Å². The molecule has 0 aromatic heterocycles. The van der Waals surface area contributed by atoms with Crippen LogP contribution in [0.5, 0.6) is 5.75 Å². The molecule has 0 heterocycles. The van der Waals surface area contributed by atoms with Gasteiger partial charge in [0.15, 0.2) is 0 Å². The zero-order valence-corrected chi connectivity index (χ0v) is 10.5. The van der Waals surface area contributed by atoms with Gasteiger partial charge in [-0.2, -0.15) is 0 Å². The van der Waals surface area contributed by atoms with E-state index in [0.29, 0.717) is 13.0 Å². The molecule has 1 atom stereocenters. The number of hydrogen-bond donors (Lipinski definition) is 1. The Morgan fingerprint density at radius 2 is 2.00 bits per heavy atom. The minimum atomic E-state index is -0.180. The molecular weight excluding hydrogens is 218 g/mol. The zero-order chi connectivity index (χ0) is 12.7. The summed E-state index contributed by atoms with van der Waals surface area (Å²) in [5.74, 6) is 0.634. The summed E-state index contributed by atoms with van der Waals surface area (Å²) in [5.41, 5.74) is 0.961. The van der Waals surface area contributed by atoms with Crippen molar-refractivity contribution in [1.82, 2.24) is 0 Å². The van der Waals surface area contributed by atoms with E-state index in [1.165, 1.54) is 0 Å². The van der Waals surface area contributed by atoms with Crippen LogP contribution in [-0.2, 0) is 9.53 Å². The highest BCUT2D eigenvalue weighted by Crippen LogP contribution is 2.16. The Morgan fingerprint density at radius 3 is 2.53 bits per heavy atom. The number of carbonyl (C=O) groups excluding carboxylic acids is 1. The molecule has 1 rings (SSSR count). The van der Waals surface area contributed by atoms with Gasteiger partial charge in [-0.1, -0.05) is 0 Å². The number of benzene rings is 1. The molecule has 0 saturated heterocycles. The molecule has 1 N–H and O–H groups in total. The lowest BCUT2D eigenvalue weighted by Gasteiger charge is -2.14. The number of anilines is 1. The van der Waals surface area contributed by atoms with Gasteiger partial charge in [-0.05, 0) is 38.1 Å². The van der Waals surface area contributed by atoms with Crippen molar-refractivity contribution in [1.29, 1.82) is 0 Å². The summed E-state index contributed by atoms with van der Waals surface area (Å²) in [6.07, 6.45) is 0.361. The highest BCUT2D eigenvalue weighted by molar-refractivity contribution is 5.70. The van der Waals surface area contributed by atoms with Gasteiger partial charge in [0.1, 0.15) is 5.75 Å². The molecule has 0 unspecified atom stereocenters. The lowest BCUT2D eigenvalue weighted by Crippen LogP contribution is -2.20. The number of esters is 1. The highest BCUT2D eigenvalue weighted by atomic mass is 16.5. The molecule has 0 aliphatic heterocycles. The molecule has 0 spiro atoms. The Morgan fingerprint density at radius 1 is 1.35 bits per heavy atom. The molecule has 0 saturated carbocycles. The van der Waals surface area contributed by atoms with E-state index in [2.05, 4.69) is 5.32 Å². The molecule has 0 aliphatic carbocycles. The van der Waals surface area contributed by atoms with E-state index >= 15 is 0 Å².